The van der Waals surface area contributed by atoms with Crippen LogP contribution in [0.4, 0.5) is 0 Å². The number of rotatable bonds is 4. The molecule has 2 saturated heterocycles. The van der Waals surface area contributed by atoms with Crippen molar-refractivity contribution in [3.8, 4) is 17.9 Å². The van der Waals surface area contributed by atoms with E-state index < -0.39 is 16.7 Å². The number of methoxy groups -OCH3 is 1. The number of para-hydroxylation sites is 1. The Morgan fingerprint density at radius 2 is 1.56 bits per heavy atom. The Kier molecular flexibility index (Phi) is 6.03. The zero-order valence-electron chi connectivity index (χ0n) is 21.0. The first-order chi connectivity index (χ1) is 17.6. The zero-order valence-corrected chi connectivity index (χ0v) is 21.8. The van der Waals surface area contributed by atoms with E-state index in [1.165, 1.54) is 38.5 Å². The molecule has 2 bridgehead atoms. The quantitative estimate of drug-likeness (QED) is 0.569. The lowest BCUT2D eigenvalue weighted by atomic mass is 9.53. The number of piperidine rings is 2. The summed E-state index contributed by atoms with van der Waals surface area (Å²) in [6.07, 6.45) is 9.47. The average Bonchev–Trinajstić information content (AvgIpc) is 3.66. The van der Waals surface area contributed by atoms with Gasteiger partial charge in [0.1, 0.15) is 27.4 Å². The molecule has 2 aliphatic carbocycles. The van der Waals surface area contributed by atoms with Crippen molar-refractivity contribution in [2.45, 2.75) is 69.4 Å². The first-order valence-corrected chi connectivity index (χ1v) is 13.8. The molecule has 0 amide bonds. The molecule has 7 nitrogen and oxygen atoms in total. The minimum atomic E-state index is -1.02. The van der Waals surface area contributed by atoms with Crippen molar-refractivity contribution >= 4 is 23.0 Å². The topological polar surface area (TPSA) is 78.9 Å². The molecule has 0 radical (unpaired) electrons. The fourth-order valence-electron chi connectivity index (χ4n) is 7.77. The molecule has 2 saturated carbocycles. The normalized spacial score (nSPS) is 33.6. The summed E-state index contributed by atoms with van der Waals surface area (Å²) in [5.74, 6) is 1.03. The standard InChI is InChI=1S/C28H34N6OS/c1-35-23-13-7-6-12-22(23)24-27(14-29)16-32(20-8-2-3-9-20)17-28(24,15-30)26(36)34-19-33(18-31-25(27)34)21-10-4-5-11-21/h6-7,12-13,20-21,24H,2-5,8-11,16-19H2,1H3. The number of ether oxygens (including phenoxy) is 1. The predicted octanol–water partition coefficient (Wildman–Crippen LogP) is 4.27. The summed E-state index contributed by atoms with van der Waals surface area (Å²) in [6.45, 7) is 2.33. The third-order valence-corrected chi connectivity index (χ3v) is 10.0. The lowest BCUT2D eigenvalue weighted by molar-refractivity contribution is 0.0282. The second-order valence-electron chi connectivity index (χ2n) is 11.2. The minimum absolute atomic E-state index is 0.387. The summed E-state index contributed by atoms with van der Waals surface area (Å²) in [5, 5.41) is 22.1. The Morgan fingerprint density at radius 1 is 0.944 bits per heavy atom. The zero-order chi connectivity index (χ0) is 24.9. The van der Waals surface area contributed by atoms with Gasteiger partial charge in [0.15, 0.2) is 0 Å². The number of hydrogen-bond acceptors (Lipinski definition) is 7. The molecule has 0 aromatic heterocycles. The van der Waals surface area contributed by atoms with Crippen molar-refractivity contribution < 1.29 is 4.74 Å². The molecule has 1 aromatic rings. The number of hydrogen-bond donors (Lipinski definition) is 0. The van der Waals surface area contributed by atoms with Gasteiger partial charge in [0.05, 0.1) is 32.6 Å². The van der Waals surface area contributed by atoms with Gasteiger partial charge in [-0.1, -0.05) is 56.1 Å². The van der Waals surface area contributed by atoms with Crippen LogP contribution in [-0.2, 0) is 0 Å². The van der Waals surface area contributed by atoms with Crippen LogP contribution in [0.5, 0.6) is 5.75 Å². The molecular formula is C28H34N6OS. The maximum atomic E-state index is 11.1. The summed E-state index contributed by atoms with van der Waals surface area (Å²) in [4.78, 5) is 12.6. The molecule has 0 N–H and O–H groups in total. The van der Waals surface area contributed by atoms with Crippen LogP contribution in [0.3, 0.4) is 0 Å². The van der Waals surface area contributed by atoms with Gasteiger partial charge in [-0.25, -0.2) is 0 Å². The third-order valence-electron chi connectivity index (χ3n) is 9.43. The Labute approximate surface area is 219 Å². The fraction of sp³-hybridized carbons (Fsp3) is 0.643. The van der Waals surface area contributed by atoms with E-state index in [9.17, 15) is 10.5 Å². The Balaban J connectivity index is 1.53. The van der Waals surface area contributed by atoms with Crippen LogP contribution in [0.2, 0.25) is 0 Å². The fourth-order valence-corrected chi connectivity index (χ4v) is 8.14. The van der Waals surface area contributed by atoms with Crippen LogP contribution < -0.4 is 4.74 Å². The highest BCUT2D eigenvalue weighted by Crippen LogP contribution is 2.60. The van der Waals surface area contributed by atoms with Gasteiger partial charge in [-0.15, -0.1) is 0 Å². The molecule has 3 atom stereocenters. The Morgan fingerprint density at radius 3 is 2.19 bits per heavy atom. The molecule has 3 unspecified atom stereocenters. The van der Waals surface area contributed by atoms with E-state index in [1.54, 1.807) is 7.11 Å². The van der Waals surface area contributed by atoms with Gasteiger partial charge in [0.2, 0.25) is 0 Å². The van der Waals surface area contributed by atoms with Gasteiger partial charge >= 0.3 is 0 Å². The van der Waals surface area contributed by atoms with Crippen LogP contribution >= 0.6 is 12.2 Å². The highest BCUT2D eigenvalue weighted by molar-refractivity contribution is 7.80. The van der Waals surface area contributed by atoms with Crippen molar-refractivity contribution in [3.05, 3.63) is 29.8 Å². The smallest absolute Gasteiger partial charge is 0.136 e. The van der Waals surface area contributed by atoms with E-state index in [0.29, 0.717) is 49.2 Å². The highest BCUT2D eigenvalue weighted by Gasteiger charge is 2.69. The number of thiocarbonyl (C=S) groups is 1. The molecule has 1 aromatic carbocycles. The number of fused-ring (bicyclic) bond motifs is 4. The van der Waals surface area contributed by atoms with E-state index >= 15 is 0 Å². The summed E-state index contributed by atoms with van der Waals surface area (Å²) in [5.41, 5.74) is -1.11. The van der Waals surface area contributed by atoms with E-state index in [0.717, 1.165) is 24.2 Å². The van der Waals surface area contributed by atoms with Gasteiger partial charge in [-0.05, 0) is 31.7 Å². The van der Waals surface area contributed by atoms with Gasteiger partial charge in [0, 0.05) is 36.7 Å². The van der Waals surface area contributed by atoms with E-state index in [1.807, 2.05) is 24.3 Å². The molecule has 5 aliphatic rings. The van der Waals surface area contributed by atoms with Crippen LogP contribution in [0, 0.1) is 33.5 Å². The lowest BCUT2D eigenvalue weighted by Crippen LogP contribution is -2.74. The SMILES string of the molecule is COc1ccccc1C1C2(C#N)CN(C3CCCC3)CC1(C#N)C1=NCN(C3CCCC3)CN1C2=S. The minimum Gasteiger partial charge on any atom is -0.496 e. The summed E-state index contributed by atoms with van der Waals surface area (Å²) < 4.78 is 5.79. The highest BCUT2D eigenvalue weighted by atomic mass is 32.1. The van der Waals surface area contributed by atoms with Crippen LogP contribution in [0.15, 0.2) is 29.3 Å². The molecule has 4 fully saturated rings. The number of aliphatic imine (C=N–C) groups is 1. The number of amidine groups is 1. The third kappa shape index (κ3) is 3.35. The van der Waals surface area contributed by atoms with Gasteiger partial charge in [-0.2, -0.15) is 10.5 Å². The van der Waals surface area contributed by atoms with Crippen molar-refractivity contribution in [2.75, 3.05) is 33.5 Å². The second-order valence-corrected chi connectivity index (χ2v) is 11.6. The van der Waals surface area contributed by atoms with E-state index in [2.05, 4.69) is 26.8 Å². The van der Waals surface area contributed by atoms with Crippen LogP contribution in [0.1, 0.15) is 62.8 Å². The number of likely N-dealkylation sites (tertiary alicyclic amines) is 1. The van der Waals surface area contributed by atoms with Gasteiger partial charge < -0.3 is 9.64 Å². The molecule has 36 heavy (non-hydrogen) atoms. The average molecular weight is 503 g/mol. The summed E-state index contributed by atoms with van der Waals surface area (Å²) in [6, 6.07) is 14.2. The summed E-state index contributed by atoms with van der Waals surface area (Å²) >= 11 is 6.25. The van der Waals surface area contributed by atoms with Crippen LogP contribution in [0.25, 0.3) is 0 Å². The van der Waals surface area contributed by atoms with Crippen LogP contribution in [-0.4, -0.2) is 71.1 Å². The van der Waals surface area contributed by atoms with E-state index in [-0.39, 0.29) is 0 Å². The maximum absolute atomic E-state index is 11.1. The first-order valence-electron chi connectivity index (χ1n) is 13.4. The van der Waals surface area contributed by atoms with E-state index in [4.69, 9.17) is 21.9 Å². The largest absolute Gasteiger partial charge is 0.496 e. The Hall–Kier alpha value is -2.52. The predicted molar refractivity (Wildman–Crippen MR) is 141 cm³/mol. The number of nitriles is 2. The van der Waals surface area contributed by atoms with Crippen molar-refractivity contribution in [2.24, 2.45) is 15.8 Å². The van der Waals surface area contributed by atoms with Crippen molar-refractivity contribution in [3.63, 3.8) is 0 Å². The maximum Gasteiger partial charge on any atom is 0.136 e. The summed E-state index contributed by atoms with van der Waals surface area (Å²) in [7, 11) is 1.66. The number of benzene rings is 1. The lowest BCUT2D eigenvalue weighted by Gasteiger charge is -2.61. The Bertz CT molecular complexity index is 1160. The molecule has 3 heterocycles. The van der Waals surface area contributed by atoms with Gasteiger partial charge in [-0.3, -0.25) is 14.8 Å². The molecule has 6 rings (SSSR count). The molecule has 0 spiro atoms. The van der Waals surface area contributed by atoms with Gasteiger partial charge in [0.25, 0.3) is 0 Å². The molecular weight excluding hydrogens is 468 g/mol. The number of nitrogens with zero attached hydrogens (tertiary/aromatic N) is 6. The molecule has 3 aliphatic heterocycles. The molecule has 188 valence electrons. The second kappa shape index (κ2) is 9.10. The van der Waals surface area contributed by atoms with Crippen molar-refractivity contribution in [1.82, 2.24) is 14.7 Å². The monoisotopic (exact) mass is 502 g/mol. The van der Waals surface area contributed by atoms with Crippen molar-refractivity contribution in [1.29, 1.82) is 10.5 Å². The first kappa shape index (κ1) is 23.9. The molecule has 8 heteroatoms.